The number of hydrogen-bond donors (Lipinski definition) is 0. The van der Waals surface area contributed by atoms with Gasteiger partial charge in [0.05, 0.1) is 6.20 Å². The molecular weight excluding hydrogens is 342 g/mol. The van der Waals surface area contributed by atoms with Gasteiger partial charge in [-0.2, -0.15) is 5.10 Å². The highest BCUT2D eigenvalue weighted by molar-refractivity contribution is 6.00. The Morgan fingerprint density at radius 3 is 2.78 bits per heavy atom. The summed E-state index contributed by atoms with van der Waals surface area (Å²) in [4.78, 5) is 31.2. The summed E-state index contributed by atoms with van der Waals surface area (Å²) in [7, 11) is 1.92. The van der Waals surface area contributed by atoms with Gasteiger partial charge in [0.2, 0.25) is 5.91 Å². The second kappa shape index (κ2) is 7.52. The van der Waals surface area contributed by atoms with E-state index in [-0.39, 0.29) is 18.4 Å². The van der Waals surface area contributed by atoms with Crippen LogP contribution in [0.3, 0.4) is 0 Å². The molecule has 0 unspecified atom stereocenters. The summed E-state index contributed by atoms with van der Waals surface area (Å²) in [6, 6.07) is 7.60. The van der Waals surface area contributed by atoms with Crippen molar-refractivity contribution in [2.75, 3.05) is 32.7 Å². The third-order valence-electron chi connectivity index (χ3n) is 5.33. The van der Waals surface area contributed by atoms with Gasteiger partial charge in [0, 0.05) is 63.6 Å². The van der Waals surface area contributed by atoms with Crippen molar-refractivity contribution < 1.29 is 9.59 Å². The lowest BCUT2D eigenvalue weighted by Crippen LogP contribution is -2.42. The molecule has 2 aromatic rings. The highest BCUT2D eigenvalue weighted by Gasteiger charge is 2.30. The molecule has 0 radical (unpaired) electrons. The number of rotatable bonds is 4. The van der Waals surface area contributed by atoms with Crippen LogP contribution in [-0.2, 0) is 24.9 Å². The first-order valence-electron chi connectivity index (χ1n) is 9.45. The Labute approximate surface area is 159 Å². The van der Waals surface area contributed by atoms with Gasteiger partial charge in [0.15, 0.2) is 0 Å². The van der Waals surface area contributed by atoms with Gasteiger partial charge in [-0.1, -0.05) is 18.2 Å². The molecule has 1 aromatic heterocycles. The highest BCUT2D eigenvalue weighted by atomic mass is 16.2. The fraction of sp³-hybridized carbons (Fsp3) is 0.450. The summed E-state index contributed by atoms with van der Waals surface area (Å²) in [6.45, 7) is 4.81. The Morgan fingerprint density at radius 2 is 2.00 bits per heavy atom. The number of aryl methyl sites for hydroxylation is 1. The number of benzene rings is 1. The maximum Gasteiger partial charge on any atom is 0.254 e. The number of hydrogen-bond acceptors (Lipinski definition) is 4. The first-order valence-corrected chi connectivity index (χ1v) is 9.45. The van der Waals surface area contributed by atoms with Crippen molar-refractivity contribution >= 4 is 11.8 Å². The number of aromatic nitrogens is 2. The molecule has 0 N–H and O–H groups in total. The highest BCUT2D eigenvalue weighted by Crippen LogP contribution is 2.22. The van der Waals surface area contributed by atoms with Crippen LogP contribution in [0.5, 0.6) is 0 Å². The Balaban J connectivity index is 1.32. The Morgan fingerprint density at radius 1 is 1.15 bits per heavy atom. The van der Waals surface area contributed by atoms with Gasteiger partial charge in [-0.3, -0.25) is 19.2 Å². The van der Waals surface area contributed by atoms with Gasteiger partial charge >= 0.3 is 0 Å². The van der Waals surface area contributed by atoms with Crippen LogP contribution < -0.4 is 0 Å². The quantitative estimate of drug-likeness (QED) is 0.812. The van der Waals surface area contributed by atoms with E-state index in [2.05, 4.69) is 10.00 Å². The molecule has 0 bridgehead atoms. The molecule has 4 rings (SSSR count). The molecule has 27 heavy (non-hydrogen) atoms. The first-order chi connectivity index (χ1) is 13.1. The summed E-state index contributed by atoms with van der Waals surface area (Å²) in [5, 5.41) is 4.22. The van der Waals surface area contributed by atoms with Crippen molar-refractivity contribution in [1.29, 1.82) is 0 Å². The van der Waals surface area contributed by atoms with E-state index < -0.39 is 0 Å². The second-order valence-electron chi connectivity index (χ2n) is 7.35. The monoisotopic (exact) mass is 367 g/mol. The molecule has 0 saturated carbocycles. The fourth-order valence-corrected chi connectivity index (χ4v) is 3.90. The van der Waals surface area contributed by atoms with Gasteiger partial charge in [0.1, 0.15) is 6.54 Å². The van der Waals surface area contributed by atoms with Crippen LogP contribution in [0.1, 0.15) is 27.9 Å². The fourth-order valence-electron chi connectivity index (χ4n) is 3.90. The summed E-state index contributed by atoms with van der Waals surface area (Å²) in [5.41, 5.74) is 2.93. The average molecular weight is 367 g/mol. The van der Waals surface area contributed by atoms with Crippen LogP contribution in [0, 0.1) is 0 Å². The Bertz CT molecular complexity index is 846. The molecule has 1 aromatic carbocycles. The van der Waals surface area contributed by atoms with Crippen LogP contribution in [0.15, 0.2) is 36.7 Å². The standard InChI is InChI=1S/C20H25N5O2/c1-22-12-16(11-21-22)13-23-7-4-8-24(10-9-23)19(26)15-25-14-17-5-2-3-6-18(17)20(25)27/h2-3,5-6,11-12H,4,7-10,13-15H2,1H3. The largest absolute Gasteiger partial charge is 0.340 e. The van der Waals surface area contributed by atoms with Crippen molar-refractivity contribution in [2.45, 2.75) is 19.5 Å². The topological polar surface area (TPSA) is 61.7 Å². The zero-order valence-electron chi connectivity index (χ0n) is 15.7. The number of fused-ring (bicyclic) bond motifs is 1. The van der Waals surface area contributed by atoms with Crippen molar-refractivity contribution in [2.24, 2.45) is 7.05 Å². The van der Waals surface area contributed by atoms with Crippen LogP contribution in [0.2, 0.25) is 0 Å². The average Bonchev–Trinajstić information content (AvgIpc) is 3.10. The van der Waals surface area contributed by atoms with Gasteiger partial charge < -0.3 is 9.80 Å². The molecule has 0 atom stereocenters. The molecule has 3 heterocycles. The van der Waals surface area contributed by atoms with Crippen molar-refractivity contribution in [3.63, 3.8) is 0 Å². The number of carbonyl (C=O) groups excluding carboxylic acids is 2. The smallest absolute Gasteiger partial charge is 0.254 e. The van der Waals surface area contributed by atoms with E-state index in [1.54, 1.807) is 4.90 Å². The van der Waals surface area contributed by atoms with Crippen LogP contribution >= 0.6 is 0 Å². The Kier molecular flexibility index (Phi) is 4.94. The lowest BCUT2D eigenvalue weighted by atomic mass is 10.1. The van der Waals surface area contributed by atoms with Crippen molar-refractivity contribution in [3.05, 3.63) is 53.3 Å². The summed E-state index contributed by atoms with van der Waals surface area (Å²) < 4.78 is 1.81. The molecule has 2 aliphatic heterocycles. The van der Waals surface area contributed by atoms with E-state index in [9.17, 15) is 9.59 Å². The van der Waals surface area contributed by atoms with Gasteiger partial charge in [-0.15, -0.1) is 0 Å². The summed E-state index contributed by atoms with van der Waals surface area (Å²) in [5.74, 6) is 0.00589. The number of amides is 2. The lowest BCUT2D eigenvalue weighted by Gasteiger charge is -2.24. The molecule has 2 amide bonds. The van der Waals surface area contributed by atoms with E-state index in [1.165, 1.54) is 5.56 Å². The van der Waals surface area contributed by atoms with Crippen molar-refractivity contribution in [3.8, 4) is 0 Å². The zero-order valence-corrected chi connectivity index (χ0v) is 15.7. The molecular formula is C20H25N5O2. The molecule has 2 aliphatic rings. The summed E-state index contributed by atoms with van der Waals surface area (Å²) >= 11 is 0. The third kappa shape index (κ3) is 3.88. The van der Waals surface area contributed by atoms with Crippen LogP contribution in [-0.4, -0.2) is 69.0 Å². The first kappa shape index (κ1) is 17.7. The number of carbonyl (C=O) groups is 2. The van der Waals surface area contributed by atoms with E-state index in [0.29, 0.717) is 13.1 Å². The minimum atomic E-state index is -0.0352. The van der Waals surface area contributed by atoms with E-state index in [0.717, 1.165) is 43.7 Å². The lowest BCUT2D eigenvalue weighted by molar-refractivity contribution is -0.131. The molecule has 1 saturated heterocycles. The van der Waals surface area contributed by atoms with E-state index in [4.69, 9.17) is 0 Å². The minimum absolute atomic E-state index is 0.0352. The van der Waals surface area contributed by atoms with E-state index in [1.807, 2.05) is 53.3 Å². The van der Waals surface area contributed by atoms with Crippen molar-refractivity contribution in [1.82, 2.24) is 24.5 Å². The maximum absolute atomic E-state index is 12.8. The van der Waals surface area contributed by atoms with Crippen LogP contribution in [0.25, 0.3) is 0 Å². The minimum Gasteiger partial charge on any atom is -0.340 e. The van der Waals surface area contributed by atoms with Gasteiger partial charge in [0.25, 0.3) is 5.91 Å². The predicted molar refractivity (Wildman–Crippen MR) is 101 cm³/mol. The van der Waals surface area contributed by atoms with E-state index >= 15 is 0 Å². The molecule has 1 fully saturated rings. The zero-order chi connectivity index (χ0) is 18.8. The van der Waals surface area contributed by atoms with Crippen LogP contribution in [0.4, 0.5) is 0 Å². The molecule has 0 aliphatic carbocycles. The predicted octanol–water partition coefficient (Wildman–Crippen LogP) is 1.11. The molecule has 7 heteroatoms. The van der Waals surface area contributed by atoms with Gasteiger partial charge in [-0.25, -0.2) is 0 Å². The molecule has 7 nitrogen and oxygen atoms in total. The number of nitrogens with zero attached hydrogens (tertiary/aromatic N) is 5. The SMILES string of the molecule is Cn1cc(CN2CCCN(C(=O)CN3Cc4ccccc4C3=O)CC2)cn1. The molecule has 0 spiro atoms. The Hall–Kier alpha value is -2.67. The van der Waals surface area contributed by atoms with Gasteiger partial charge in [-0.05, 0) is 18.1 Å². The summed E-state index contributed by atoms with van der Waals surface area (Å²) in [6.07, 6.45) is 4.87. The normalized spacial score (nSPS) is 17.9. The third-order valence-corrected chi connectivity index (χ3v) is 5.33. The maximum atomic E-state index is 12.8. The second-order valence-corrected chi connectivity index (χ2v) is 7.35. The molecule has 142 valence electrons.